The molecule has 0 aliphatic heterocycles. The molecule has 0 heterocycles. The molecule has 0 spiro atoms. The van der Waals surface area contributed by atoms with Crippen molar-refractivity contribution in [2.45, 2.75) is 33.7 Å². The fraction of sp³-hybridized carbons (Fsp3) is 0.778. The lowest BCUT2D eigenvalue weighted by Gasteiger charge is -2.19. The molecule has 0 unspecified atom stereocenters. The number of hydrogen-bond donors (Lipinski definition) is 1. The molecule has 0 rings (SSSR count). The topological polar surface area (TPSA) is 55.4 Å². The van der Waals surface area contributed by atoms with Crippen molar-refractivity contribution in [2.24, 2.45) is 5.92 Å². The average molecular weight is 187 g/mol. The van der Waals surface area contributed by atoms with E-state index in [1.54, 1.807) is 6.92 Å². The third kappa shape index (κ3) is 4.50. The zero-order valence-electron chi connectivity index (χ0n) is 8.59. The molecule has 4 nitrogen and oxygen atoms in total. The zero-order chi connectivity index (χ0) is 10.4. The summed E-state index contributed by atoms with van der Waals surface area (Å²) in [6, 6.07) is -0.530. The first-order valence-electron chi connectivity index (χ1n) is 4.42. The van der Waals surface area contributed by atoms with Crippen molar-refractivity contribution in [2.75, 3.05) is 6.61 Å². The van der Waals surface area contributed by atoms with Crippen molar-refractivity contribution >= 4 is 11.9 Å². The highest BCUT2D eigenvalue weighted by Crippen LogP contribution is 2.03. The number of esters is 1. The first-order chi connectivity index (χ1) is 5.99. The van der Waals surface area contributed by atoms with Gasteiger partial charge in [-0.3, -0.25) is 4.79 Å². The molecule has 0 fully saturated rings. The van der Waals surface area contributed by atoms with Gasteiger partial charge in [-0.05, 0) is 12.8 Å². The molecule has 0 aliphatic carbocycles. The quantitative estimate of drug-likeness (QED) is 0.659. The lowest BCUT2D eigenvalue weighted by Crippen LogP contribution is -2.44. The Hall–Kier alpha value is -1.06. The van der Waals surface area contributed by atoms with E-state index >= 15 is 0 Å². The summed E-state index contributed by atoms with van der Waals surface area (Å²) >= 11 is 0. The van der Waals surface area contributed by atoms with Gasteiger partial charge in [0.05, 0.1) is 6.61 Å². The van der Waals surface area contributed by atoms with Crippen LogP contribution in [-0.2, 0) is 14.3 Å². The fourth-order valence-electron chi connectivity index (χ4n) is 0.949. The number of rotatable bonds is 4. The third-order valence-corrected chi connectivity index (χ3v) is 1.57. The zero-order valence-corrected chi connectivity index (χ0v) is 8.59. The second kappa shape index (κ2) is 5.56. The number of ether oxygens (including phenoxy) is 1. The molecule has 0 saturated heterocycles. The number of nitrogens with one attached hydrogen (secondary N) is 1. The molecule has 1 amide bonds. The van der Waals surface area contributed by atoms with Crippen LogP contribution in [0, 0.1) is 5.92 Å². The van der Waals surface area contributed by atoms with Crippen LogP contribution in [0.15, 0.2) is 0 Å². The van der Waals surface area contributed by atoms with Gasteiger partial charge in [0, 0.05) is 6.92 Å². The molecule has 0 saturated carbocycles. The van der Waals surface area contributed by atoms with Crippen LogP contribution in [-0.4, -0.2) is 24.5 Å². The van der Waals surface area contributed by atoms with E-state index in [-0.39, 0.29) is 17.8 Å². The molecule has 1 N–H and O–H groups in total. The van der Waals surface area contributed by atoms with Crippen LogP contribution in [0.4, 0.5) is 0 Å². The predicted molar refractivity (Wildman–Crippen MR) is 49.1 cm³/mol. The number of hydrogen-bond acceptors (Lipinski definition) is 3. The molecule has 13 heavy (non-hydrogen) atoms. The SMILES string of the molecule is CCOC(=O)[C@@H](NC(C)=O)C(C)C. The Bertz CT molecular complexity index is 189. The molecule has 1 atom stereocenters. The second-order valence-electron chi connectivity index (χ2n) is 3.17. The molecule has 4 heteroatoms. The fourth-order valence-corrected chi connectivity index (χ4v) is 0.949. The lowest BCUT2D eigenvalue weighted by molar-refractivity contribution is -0.148. The Labute approximate surface area is 78.6 Å². The van der Waals surface area contributed by atoms with Crippen LogP contribution in [0.3, 0.4) is 0 Å². The van der Waals surface area contributed by atoms with Crippen molar-refractivity contribution in [1.29, 1.82) is 0 Å². The summed E-state index contributed by atoms with van der Waals surface area (Å²) in [6.07, 6.45) is 0. The Morgan fingerprint density at radius 3 is 2.23 bits per heavy atom. The van der Waals surface area contributed by atoms with E-state index in [1.807, 2.05) is 13.8 Å². The van der Waals surface area contributed by atoms with Gasteiger partial charge in [-0.15, -0.1) is 0 Å². The van der Waals surface area contributed by atoms with Crippen molar-refractivity contribution < 1.29 is 14.3 Å². The minimum Gasteiger partial charge on any atom is -0.464 e. The molecule has 0 radical (unpaired) electrons. The molecule has 0 aliphatic rings. The smallest absolute Gasteiger partial charge is 0.328 e. The van der Waals surface area contributed by atoms with E-state index in [2.05, 4.69) is 5.32 Å². The van der Waals surface area contributed by atoms with Crippen LogP contribution >= 0.6 is 0 Å². The van der Waals surface area contributed by atoms with Gasteiger partial charge < -0.3 is 10.1 Å². The van der Waals surface area contributed by atoms with Gasteiger partial charge in [-0.2, -0.15) is 0 Å². The first-order valence-corrected chi connectivity index (χ1v) is 4.42. The molecular formula is C9H17NO3. The van der Waals surface area contributed by atoms with Crippen molar-refractivity contribution in [1.82, 2.24) is 5.32 Å². The second-order valence-corrected chi connectivity index (χ2v) is 3.17. The maximum absolute atomic E-state index is 11.3. The van der Waals surface area contributed by atoms with E-state index in [4.69, 9.17) is 4.74 Å². The normalized spacial score (nSPS) is 12.4. The minimum absolute atomic E-state index is 0.0444. The van der Waals surface area contributed by atoms with E-state index < -0.39 is 6.04 Å². The number of carbonyl (C=O) groups excluding carboxylic acids is 2. The summed E-state index contributed by atoms with van der Waals surface area (Å²) in [7, 11) is 0. The monoisotopic (exact) mass is 187 g/mol. The highest BCUT2D eigenvalue weighted by Gasteiger charge is 2.23. The van der Waals surface area contributed by atoms with E-state index in [0.717, 1.165) is 0 Å². The molecular weight excluding hydrogens is 170 g/mol. The summed E-state index contributed by atoms with van der Waals surface area (Å²) in [5.41, 5.74) is 0. The highest BCUT2D eigenvalue weighted by atomic mass is 16.5. The van der Waals surface area contributed by atoms with E-state index in [9.17, 15) is 9.59 Å². The van der Waals surface area contributed by atoms with E-state index in [1.165, 1.54) is 6.92 Å². The van der Waals surface area contributed by atoms with Gasteiger partial charge >= 0.3 is 5.97 Å². The first kappa shape index (κ1) is 11.9. The Kier molecular flexibility index (Phi) is 5.11. The van der Waals surface area contributed by atoms with Crippen LogP contribution in [0.5, 0.6) is 0 Å². The Morgan fingerprint density at radius 2 is 1.92 bits per heavy atom. The summed E-state index contributed by atoms with van der Waals surface area (Å²) in [6.45, 7) is 7.17. The summed E-state index contributed by atoms with van der Waals surface area (Å²) in [5, 5.41) is 2.55. The van der Waals surface area contributed by atoms with Crippen molar-refractivity contribution in [3.05, 3.63) is 0 Å². The maximum atomic E-state index is 11.3. The number of amides is 1. The van der Waals surface area contributed by atoms with Gasteiger partial charge in [-0.1, -0.05) is 13.8 Å². The highest BCUT2D eigenvalue weighted by molar-refractivity contribution is 5.83. The van der Waals surface area contributed by atoms with Crippen LogP contribution < -0.4 is 5.32 Å². The van der Waals surface area contributed by atoms with Crippen LogP contribution in [0.25, 0.3) is 0 Å². The summed E-state index contributed by atoms with van der Waals surface area (Å²) < 4.78 is 4.81. The van der Waals surface area contributed by atoms with Crippen molar-refractivity contribution in [3.63, 3.8) is 0 Å². The predicted octanol–water partition coefficient (Wildman–Crippen LogP) is 0.710. The van der Waals surface area contributed by atoms with Gasteiger partial charge in [0.1, 0.15) is 6.04 Å². The van der Waals surface area contributed by atoms with E-state index in [0.29, 0.717) is 6.61 Å². The standard InChI is InChI=1S/C9H17NO3/c1-5-13-9(12)8(6(2)3)10-7(4)11/h6,8H,5H2,1-4H3,(H,10,11)/t8-/m0/s1. The Morgan fingerprint density at radius 1 is 1.38 bits per heavy atom. The molecule has 0 aromatic carbocycles. The third-order valence-electron chi connectivity index (χ3n) is 1.57. The average Bonchev–Trinajstić information content (AvgIpc) is 1.99. The van der Waals surface area contributed by atoms with Crippen LogP contribution in [0.2, 0.25) is 0 Å². The lowest BCUT2D eigenvalue weighted by atomic mass is 10.0. The van der Waals surface area contributed by atoms with Gasteiger partial charge in [-0.25, -0.2) is 4.79 Å². The van der Waals surface area contributed by atoms with Crippen LogP contribution in [0.1, 0.15) is 27.7 Å². The van der Waals surface area contributed by atoms with Gasteiger partial charge in [0.2, 0.25) is 5.91 Å². The summed E-state index contributed by atoms with van der Waals surface area (Å²) in [5.74, 6) is -0.539. The number of carbonyl (C=O) groups is 2. The molecule has 0 aromatic rings. The van der Waals surface area contributed by atoms with Gasteiger partial charge in [0.25, 0.3) is 0 Å². The maximum Gasteiger partial charge on any atom is 0.328 e. The Balaban J connectivity index is 4.24. The minimum atomic E-state index is -0.530. The summed E-state index contributed by atoms with van der Waals surface area (Å²) in [4.78, 5) is 22.0. The van der Waals surface area contributed by atoms with Crippen molar-refractivity contribution in [3.8, 4) is 0 Å². The molecule has 0 bridgehead atoms. The van der Waals surface area contributed by atoms with Gasteiger partial charge in [0.15, 0.2) is 0 Å². The largest absolute Gasteiger partial charge is 0.464 e. The molecule has 0 aromatic heterocycles. The molecule has 76 valence electrons.